The van der Waals surface area contributed by atoms with Gasteiger partial charge in [-0.2, -0.15) is 0 Å². The van der Waals surface area contributed by atoms with Gasteiger partial charge in [0.2, 0.25) is 10.0 Å². The minimum atomic E-state index is -3.41. The van der Waals surface area contributed by atoms with Crippen LogP contribution in [0.25, 0.3) is 0 Å². The molecule has 1 aromatic rings. The lowest BCUT2D eigenvalue weighted by molar-refractivity contribution is 0.580. The van der Waals surface area contributed by atoms with Crippen LogP contribution in [-0.4, -0.2) is 21.0 Å². The topological polar surface area (TPSA) is 58.2 Å². The fraction of sp³-hybridized carbons (Fsp3) is 0.571. The number of sulfonamides is 1. The number of nitrogens with one attached hydrogen (secondary N) is 2. The smallest absolute Gasteiger partial charge is 0.241 e. The van der Waals surface area contributed by atoms with Crippen LogP contribution in [0.5, 0.6) is 0 Å². The Labute approximate surface area is 129 Å². The Bertz CT molecular complexity index is 583. The van der Waals surface area contributed by atoms with Crippen molar-refractivity contribution in [3.8, 4) is 0 Å². The summed E-state index contributed by atoms with van der Waals surface area (Å²) < 4.78 is 28.3. The maximum Gasteiger partial charge on any atom is 0.241 e. The summed E-state index contributed by atoms with van der Waals surface area (Å²) in [6.45, 7) is 5.54. The van der Waals surface area contributed by atoms with Crippen LogP contribution in [0.3, 0.4) is 0 Å². The predicted molar refractivity (Wildman–Crippen MR) is 84.2 cm³/mol. The molecule has 1 aliphatic rings. The quantitative estimate of drug-likeness (QED) is 0.735. The van der Waals surface area contributed by atoms with E-state index in [1.807, 2.05) is 13.0 Å². The van der Waals surface area contributed by atoms with Crippen molar-refractivity contribution in [1.29, 1.82) is 0 Å². The lowest BCUT2D eigenvalue weighted by atomic mass is 10.1. The minimum absolute atomic E-state index is 0.125. The fourth-order valence-corrected chi connectivity index (χ4v) is 4.24. The highest BCUT2D eigenvalue weighted by Gasteiger charge is 2.29. The number of hydrogen-bond donors (Lipinski definition) is 2. The summed E-state index contributed by atoms with van der Waals surface area (Å²) in [5.74, 6) is 0. The molecule has 0 radical (unpaired) electrons. The molecule has 1 fully saturated rings. The van der Waals surface area contributed by atoms with E-state index in [2.05, 4.69) is 32.9 Å². The van der Waals surface area contributed by atoms with E-state index in [0.29, 0.717) is 11.4 Å². The Kier molecular flexibility index (Phi) is 5.23. The van der Waals surface area contributed by atoms with Crippen LogP contribution in [0.4, 0.5) is 0 Å². The molecule has 4 nitrogen and oxygen atoms in total. The molecule has 6 heteroatoms. The van der Waals surface area contributed by atoms with Crippen LogP contribution in [0, 0.1) is 6.92 Å². The van der Waals surface area contributed by atoms with Crippen LogP contribution >= 0.6 is 15.9 Å². The normalized spacial score (nSPS) is 15.6. The Morgan fingerprint density at radius 3 is 2.65 bits per heavy atom. The monoisotopic (exact) mass is 360 g/mol. The SMILES string of the molecule is CCCNCc1cc(Br)c(C)c(S(=O)(=O)NC2CC2)c1. The van der Waals surface area contributed by atoms with E-state index in [-0.39, 0.29) is 6.04 Å². The zero-order valence-electron chi connectivity index (χ0n) is 11.9. The molecule has 1 aromatic carbocycles. The first-order valence-electron chi connectivity index (χ1n) is 6.96. The van der Waals surface area contributed by atoms with Crippen molar-refractivity contribution >= 4 is 26.0 Å². The summed E-state index contributed by atoms with van der Waals surface area (Å²) >= 11 is 3.46. The van der Waals surface area contributed by atoms with Crippen LogP contribution in [0.2, 0.25) is 0 Å². The van der Waals surface area contributed by atoms with E-state index in [9.17, 15) is 8.42 Å². The second kappa shape index (κ2) is 6.56. The van der Waals surface area contributed by atoms with Crippen molar-refractivity contribution in [2.75, 3.05) is 6.54 Å². The van der Waals surface area contributed by atoms with Gasteiger partial charge in [-0.3, -0.25) is 0 Å². The van der Waals surface area contributed by atoms with Gasteiger partial charge >= 0.3 is 0 Å². The van der Waals surface area contributed by atoms with Gasteiger partial charge in [0.25, 0.3) is 0 Å². The molecular weight excluding hydrogens is 340 g/mol. The van der Waals surface area contributed by atoms with E-state index < -0.39 is 10.0 Å². The second-order valence-electron chi connectivity index (χ2n) is 5.27. The summed E-state index contributed by atoms with van der Waals surface area (Å²) in [7, 11) is -3.41. The van der Waals surface area contributed by atoms with Gasteiger partial charge in [0.05, 0.1) is 4.90 Å². The number of benzene rings is 1. The van der Waals surface area contributed by atoms with Gasteiger partial charge < -0.3 is 5.32 Å². The third-order valence-corrected chi connectivity index (χ3v) is 5.77. The fourth-order valence-electron chi connectivity index (χ4n) is 1.98. The van der Waals surface area contributed by atoms with Crippen LogP contribution < -0.4 is 10.0 Å². The molecule has 0 bridgehead atoms. The number of rotatable bonds is 7. The number of hydrogen-bond acceptors (Lipinski definition) is 3. The van der Waals surface area contributed by atoms with E-state index in [1.54, 1.807) is 6.07 Å². The largest absolute Gasteiger partial charge is 0.313 e. The molecule has 0 atom stereocenters. The van der Waals surface area contributed by atoms with Crippen molar-refractivity contribution < 1.29 is 8.42 Å². The minimum Gasteiger partial charge on any atom is -0.313 e. The maximum absolute atomic E-state index is 12.4. The summed E-state index contributed by atoms with van der Waals surface area (Å²) in [4.78, 5) is 0.382. The highest BCUT2D eigenvalue weighted by atomic mass is 79.9. The third-order valence-electron chi connectivity index (χ3n) is 3.30. The average Bonchev–Trinajstić information content (AvgIpc) is 3.16. The Balaban J connectivity index is 2.26. The second-order valence-corrected chi connectivity index (χ2v) is 7.81. The van der Waals surface area contributed by atoms with E-state index in [0.717, 1.165) is 41.4 Å². The van der Waals surface area contributed by atoms with Gasteiger partial charge in [0, 0.05) is 17.1 Å². The standard InChI is InChI=1S/C14H21BrN2O2S/c1-3-6-16-9-11-7-13(15)10(2)14(8-11)20(18,19)17-12-4-5-12/h7-8,12,16-17H,3-6,9H2,1-2H3. The van der Waals surface area contributed by atoms with Gasteiger partial charge in [-0.05, 0) is 56.0 Å². The summed E-state index contributed by atoms with van der Waals surface area (Å²) in [5.41, 5.74) is 1.74. The first kappa shape index (κ1) is 15.9. The summed E-state index contributed by atoms with van der Waals surface area (Å²) in [6.07, 6.45) is 2.94. The Morgan fingerprint density at radius 1 is 1.35 bits per heavy atom. The third kappa shape index (κ3) is 4.04. The summed E-state index contributed by atoms with van der Waals surface area (Å²) in [6, 6.07) is 3.88. The zero-order chi connectivity index (χ0) is 14.8. The van der Waals surface area contributed by atoms with Crippen molar-refractivity contribution in [2.24, 2.45) is 0 Å². The first-order chi connectivity index (χ1) is 9.44. The van der Waals surface area contributed by atoms with E-state index in [1.165, 1.54) is 0 Å². The predicted octanol–water partition coefficient (Wildman–Crippen LogP) is 2.70. The molecule has 2 rings (SSSR count). The van der Waals surface area contributed by atoms with Gasteiger partial charge in [0.1, 0.15) is 0 Å². The molecule has 1 aliphatic carbocycles. The van der Waals surface area contributed by atoms with Crippen molar-refractivity contribution in [3.63, 3.8) is 0 Å². The van der Waals surface area contributed by atoms with Gasteiger partial charge in [0.15, 0.2) is 0 Å². The molecular formula is C14H21BrN2O2S. The van der Waals surface area contributed by atoms with Crippen molar-refractivity contribution in [2.45, 2.75) is 50.6 Å². The van der Waals surface area contributed by atoms with Crippen LogP contribution in [-0.2, 0) is 16.6 Å². The summed E-state index contributed by atoms with van der Waals surface area (Å²) in [5, 5.41) is 3.29. The molecule has 20 heavy (non-hydrogen) atoms. The Hall–Kier alpha value is -0.430. The first-order valence-corrected chi connectivity index (χ1v) is 9.23. The van der Waals surface area contributed by atoms with E-state index in [4.69, 9.17) is 0 Å². The highest BCUT2D eigenvalue weighted by Crippen LogP contribution is 2.28. The highest BCUT2D eigenvalue weighted by molar-refractivity contribution is 9.10. The van der Waals surface area contributed by atoms with Crippen molar-refractivity contribution in [1.82, 2.24) is 10.0 Å². The van der Waals surface area contributed by atoms with Crippen molar-refractivity contribution in [3.05, 3.63) is 27.7 Å². The molecule has 1 saturated carbocycles. The lowest BCUT2D eigenvalue weighted by Crippen LogP contribution is -2.26. The molecule has 112 valence electrons. The molecule has 0 spiro atoms. The molecule has 0 saturated heterocycles. The molecule has 0 heterocycles. The maximum atomic E-state index is 12.4. The molecule has 0 amide bonds. The molecule has 0 aliphatic heterocycles. The van der Waals surface area contributed by atoms with E-state index >= 15 is 0 Å². The van der Waals surface area contributed by atoms with Gasteiger partial charge in [-0.25, -0.2) is 13.1 Å². The average molecular weight is 361 g/mol. The number of halogens is 1. The molecule has 0 unspecified atom stereocenters. The van der Waals surface area contributed by atoms with Gasteiger partial charge in [-0.15, -0.1) is 0 Å². The van der Waals surface area contributed by atoms with Gasteiger partial charge in [-0.1, -0.05) is 22.9 Å². The lowest BCUT2D eigenvalue weighted by Gasteiger charge is -2.13. The van der Waals surface area contributed by atoms with Crippen LogP contribution in [0.15, 0.2) is 21.5 Å². The van der Waals surface area contributed by atoms with Crippen LogP contribution in [0.1, 0.15) is 37.3 Å². The molecule has 2 N–H and O–H groups in total. The molecule has 0 aromatic heterocycles. The zero-order valence-corrected chi connectivity index (χ0v) is 14.3. The Morgan fingerprint density at radius 2 is 2.05 bits per heavy atom.